The Labute approximate surface area is 277 Å². The van der Waals surface area contributed by atoms with Crippen LogP contribution in [0, 0.1) is 50.7 Å². The second kappa shape index (κ2) is 11.2. The van der Waals surface area contributed by atoms with Gasteiger partial charge in [0.05, 0.1) is 29.1 Å². The molecule has 1 saturated heterocycles. The summed E-state index contributed by atoms with van der Waals surface area (Å²) < 4.78 is 11.4. The zero-order chi connectivity index (χ0) is 34.7. The number of fused-ring (bicyclic) bond motifs is 7. The number of aliphatic hydroxyl groups is 6. The predicted molar refractivity (Wildman–Crippen MR) is 168 cm³/mol. The average Bonchev–Trinajstić information content (AvgIpc) is 3.01. The fourth-order valence-corrected chi connectivity index (χ4v) is 12.2. The molecule has 0 aromatic rings. The van der Waals surface area contributed by atoms with Gasteiger partial charge in [0.1, 0.15) is 24.4 Å². The van der Waals surface area contributed by atoms with Crippen LogP contribution in [0.1, 0.15) is 99.3 Å². The summed E-state index contributed by atoms with van der Waals surface area (Å²) in [6.07, 6.45) is -1.18. The lowest BCUT2D eigenvalue weighted by Crippen LogP contribution is -2.69. The summed E-state index contributed by atoms with van der Waals surface area (Å²) in [5.41, 5.74) is -3.64. The first-order valence-electron chi connectivity index (χ1n) is 17.6. The molecule has 0 radical (unpaired) electrons. The normalized spacial score (nSPS) is 55.8. The lowest BCUT2D eigenvalue weighted by molar-refractivity contribution is -0.299. The molecule has 47 heavy (non-hydrogen) atoms. The maximum absolute atomic E-state index is 14.5. The molecule has 16 atom stereocenters. The first-order valence-corrected chi connectivity index (χ1v) is 17.6. The number of ether oxygens (including phenoxy) is 2. The molecule has 5 aliphatic carbocycles. The Morgan fingerprint density at radius 3 is 2.21 bits per heavy atom. The highest BCUT2D eigenvalue weighted by molar-refractivity contribution is 5.79. The number of aliphatic carboxylic acids is 1. The van der Waals surface area contributed by atoms with E-state index in [-0.39, 0.29) is 28.6 Å². The summed E-state index contributed by atoms with van der Waals surface area (Å²) in [7, 11) is 0. The highest BCUT2D eigenvalue weighted by Gasteiger charge is 2.72. The van der Waals surface area contributed by atoms with Crippen LogP contribution in [-0.2, 0) is 19.1 Å². The Kier molecular flexibility index (Phi) is 8.40. The minimum atomic E-state index is -1.72. The number of esters is 1. The van der Waals surface area contributed by atoms with Gasteiger partial charge in [0, 0.05) is 5.92 Å². The summed E-state index contributed by atoms with van der Waals surface area (Å²) in [5, 5.41) is 74.8. The molecule has 0 unspecified atom stereocenters. The smallest absolute Gasteiger partial charge is 0.315 e. The third-order valence-electron chi connectivity index (χ3n) is 15.6. The highest BCUT2D eigenvalue weighted by atomic mass is 16.7. The summed E-state index contributed by atoms with van der Waals surface area (Å²) in [4.78, 5) is 27.2. The van der Waals surface area contributed by atoms with E-state index in [0.29, 0.717) is 44.9 Å². The van der Waals surface area contributed by atoms with Crippen molar-refractivity contribution in [3.05, 3.63) is 11.6 Å². The number of hydrogen-bond acceptors (Lipinski definition) is 10. The first kappa shape index (κ1) is 35.2. The van der Waals surface area contributed by atoms with E-state index >= 15 is 0 Å². The van der Waals surface area contributed by atoms with E-state index in [1.165, 1.54) is 0 Å². The Balaban J connectivity index is 1.39. The Hall–Kier alpha value is -1.60. The SMILES string of the molecule is C[C@@H]1CC[C@]2(C(=O)O[C@H]3O[C@@H](CO)[C@H](O)[C@@H](O)[C@H]3O)CC[C@]3(C)C(=CC[C@@H]4[C@@]5(C)CC[C@@H](O)[C@](C)(C(=O)O)[C@H]5CC[C@]43C)[C@H]2[C@]1(C)O. The molecule has 266 valence electrons. The van der Waals surface area contributed by atoms with Gasteiger partial charge in [-0.15, -0.1) is 0 Å². The van der Waals surface area contributed by atoms with Gasteiger partial charge in [-0.2, -0.15) is 0 Å². The molecular weight excluding hydrogens is 608 g/mol. The quantitative estimate of drug-likeness (QED) is 0.172. The van der Waals surface area contributed by atoms with E-state index in [0.717, 1.165) is 18.4 Å². The zero-order valence-corrected chi connectivity index (χ0v) is 28.7. The van der Waals surface area contributed by atoms with Crippen LogP contribution < -0.4 is 0 Å². The molecule has 11 heteroatoms. The molecule has 1 aliphatic heterocycles. The lowest BCUT2D eigenvalue weighted by atomic mass is 9.33. The minimum absolute atomic E-state index is 0.126. The average molecular weight is 665 g/mol. The molecule has 7 N–H and O–H groups in total. The van der Waals surface area contributed by atoms with Gasteiger partial charge in [0.2, 0.25) is 6.29 Å². The van der Waals surface area contributed by atoms with E-state index in [1.807, 2.05) is 6.92 Å². The first-order chi connectivity index (χ1) is 21.8. The van der Waals surface area contributed by atoms with Gasteiger partial charge in [0.15, 0.2) is 0 Å². The van der Waals surface area contributed by atoms with Gasteiger partial charge in [0.25, 0.3) is 0 Å². The molecule has 6 rings (SSSR count). The fraction of sp³-hybridized carbons (Fsp3) is 0.889. The monoisotopic (exact) mass is 664 g/mol. The van der Waals surface area contributed by atoms with Crippen molar-refractivity contribution in [2.45, 2.75) is 142 Å². The van der Waals surface area contributed by atoms with Gasteiger partial charge in [-0.05, 0) is 106 Å². The van der Waals surface area contributed by atoms with Crippen molar-refractivity contribution in [1.82, 2.24) is 0 Å². The number of rotatable bonds is 4. The van der Waals surface area contributed by atoms with Crippen LogP contribution in [0.3, 0.4) is 0 Å². The number of allylic oxidation sites excluding steroid dienone is 1. The Morgan fingerprint density at radius 1 is 0.894 bits per heavy atom. The molecule has 0 amide bonds. The molecule has 0 aromatic heterocycles. The van der Waals surface area contributed by atoms with Gasteiger partial charge in [-0.1, -0.05) is 39.3 Å². The second-order valence-electron chi connectivity index (χ2n) is 17.3. The largest absolute Gasteiger partial charge is 0.481 e. The zero-order valence-electron chi connectivity index (χ0n) is 28.7. The third-order valence-corrected chi connectivity index (χ3v) is 15.6. The predicted octanol–water partition coefficient (Wildman–Crippen LogP) is 2.53. The van der Waals surface area contributed by atoms with E-state index in [9.17, 15) is 45.3 Å². The number of aliphatic hydroxyl groups excluding tert-OH is 5. The standard InChI is InChI=1S/C36H56O11/c1-18-9-14-36(30(44)47-28-26(41)25(40)24(39)20(17-37)46-28)16-15-32(3)19(27(36)35(18,6)45)7-8-21-31(2)12-11-23(38)34(5,29(42)43)22(31)10-13-33(21,32)4/h7,18,20-28,37-41,45H,8-17H2,1-6H3,(H,42,43)/t18-,20+,21-,22+,23-,24+,25-,26-,27+,28-,31-,32-,33-,34-,35-,36+/m1/s1. The third kappa shape index (κ3) is 4.49. The number of carboxylic acid groups (broad SMARTS) is 1. The summed E-state index contributed by atoms with van der Waals surface area (Å²) >= 11 is 0. The van der Waals surface area contributed by atoms with Crippen molar-refractivity contribution in [1.29, 1.82) is 0 Å². The van der Waals surface area contributed by atoms with E-state index in [2.05, 4.69) is 26.8 Å². The molecule has 0 spiro atoms. The summed E-state index contributed by atoms with van der Waals surface area (Å²) in [6.45, 7) is 11.7. The molecule has 6 aliphatic rings. The van der Waals surface area contributed by atoms with Gasteiger partial charge in [-0.25, -0.2) is 0 Å². The van der Waals surface area contributed by atoms with Crippen molar-refractivity contribution in [3.63, 3.8) is 0 Å². The maximum atomic E-state index is 14.5. The molecule has 11 nitrogen and oxygen atoms in total. The molecule has 5 fully saturated rings. The van der Waals surface area contributed by atoms with Crippen LogP contribution in [0.2, 0.25) is 0 Å². The van der Waals surface area contributed by atoms with Crippen molar-refractivity contribution in [2.75, 3.05) is 6.61 Å². The minimum Gasteiger partial charge on any atom is -0.481 e. The van der Waals surface area contributed by atoms with Crippen molar-refractivity contribution >= 4 is 11.9 Å². The van der Waals surface area contributed by atoms with Gasteiger partial charge in [-0.3, -0.25) is 9.59 Å². The van der Waals surface area contributed by atoms with Gasteiger partial charge >= 0.3 is 11.9 Å². The molecule has 0 aromatic carbocycles. The molecule has 1 heterocycles. The van der Waals surface area contributed by atoms with E-state index in [1.54, 1.807) is 13.8 Å². The maximum Gasteiger partial charge on any atom is 0.315 e. The fourth-order valence-electron chi connectivity index (χ4n) is 12.2. The van der Waals surface area contributed by atoms with Crippen LogP contribution in [0.4, 0.5) is 0 Å². The topological polar surface area (TPSA) is 194 Å². The summed E-state index contributed by atoms with van der Waals surface area (Å²) in [5.74, 6) is -2.37. The van der Waals surface area contributed by atoms with Crippen molar-refractivity contribution in [3.8, 4) is 0 Å². The lowest BCUT2D eigenvalue weighted by Gasteiger charge is -2.71. The van der Waals surface area contributed by atoms with Gasteiger partial charge < -0.3 is 45.2 Å². The number of carboxylic acids is 1. The number of carbonyl (C=O) groups is 2. The molecular formula is C36H56O11. The molecule has 0 bridgehead atoms. The summed E-state index contributed by atoms with van der Waals surface area (Å²) in [6, 6.07) is 0. The number of carbonyl (C=O) groups excluding carboxylic acids is 1. The Bertz CT molecular complexity index is 1310. The van der Waals surface area contributed by atoms with E-state index < -0.39 is 83.1 Å². The van der Waals surface area contributed by atoms with E-state index in [4.69, 9.17) is 9.47 Å². The van der Waals surface area contributed by atoms with Crippen molar-refractivity contribution in [2.24, 2.45) is 50.7 Å². The van der Waals surface area contributed by atoms with Crippen LogP contribution in [-0.4, -0.2) is 96.7 Å². The second-order valence-corrected chi connectivity index (χ2v) is 17.3. The Morgan fingerprint density at radius 2 is 1.57 bits per heavy atom. The van der Waals surface area contributed by atoms with Crippen LogP contribution in [0.25, 0.3) is 0 Å². The van der Waals surface area contributed by atoms with Crippen LogP contribution >= 0.6 is 0 Å². The van der Waals surface area contributed by atoms with Crippen LogP contribution in [0.5, 0.6) is 0 Å². The molecule has 4 saturated carbocycles. The van der Waals surface area contributed by atoms with Crippen molar-refractivity contribution < 1.29 is 54.8 Å². The van der Waals surface area contributed by atoms with Crippen LogP contribution in [0.15, 0.2) is 11.6 Å². The highest BCUT2D eigenvalue weighted by Crippen LogP contribution is 2.76. The number of hydrogen-bond donors (Lipinski definition) is 7.